The molecule has 0 bridgehead atoms. The zero-order valence-corrected chi connectivity index (χ0v) is 11.4. The molecule has 0 aliphatic carbocycles. The van der Waals surface area contributed by atoms with Crippen LogP contribution in [0.5, 0.6) is 0 Å². The Labute approximate surface area is 120 Å². The van der Waals surface area contributed by atoms with E-state index in [1.54, 1.807) is 23.1 Å². The van der Waals surface area contributed by atoms with Crippen molar-refractivity contribution in [3.05, 3.63) is 24.8 Å². The fraction of sp³-hybridized carbons (Fsp3) is 0.500. The standard InChI is InChI=1S/C12H15N9/c1-2-10(20-9-5-14-17-20)3-7-19(6-1)11-12-15-16-18-21(12)8-4-13-11/h4-5,8-10H,1-3,6-7H2. The third-order valence-corrected chi connectivity index (χ3v) is 3.91. The van der Waals surface area contributed by atoms with Crippen LogP contribution in [-0.2, 0) is 0 Å². The van der Waals surface area contributed by atoms with E-state index in [4.69, 9.17) is 0 Å². The van der Waals surface area contributed by atoms with Gasteiger partial charge in [-0.05, 0) is 29.7 Å². The van der Waals surface area contributed by atoms with Crippen LogP contribution in [0.1, 0.15) is 25.3 Å². The Balaban J connectivity index is 1.58. The zero-order chi connectivity index (χ0) is 14.1. The molecule has 0 N–H and O–H groups in total. The Hall–Kier alpha value is -2.58. The maximum atomic E-state index is 4.46. The van der Waals surface area contributed by atoms with Gasteiger partial charge in [0.1, 0.15) is 0 Å². The van der Waals surface area contributed by atoms with Crippen LogP contribution in [0.25, 0.3) is 5.65 Å². The average Bonchev–Trinajstić information content (AvgIpc) is 3.14. The first-order chi connectivity index (χ1) is 10.4. The van der Waals surface area contributed by atoms with Gasteiger partial charge in [0.15, 0.2) is 5.82 Å². The van der Waals surface area contributed by atoms with Crippen LogP contribution in [0.15, 0.2) is 24.8 Å². The third kappa shape index (κ3) is 2.20. The Morgan fingerprint density at radius 2 is 2.05 bits per heavy atom. The molecule has 108 valence electrons. The topological polar surface area (TPSA) is 89.9 Å². The van der Waals surface area contributed by atoms with Gasteiger partial charge in [-0.25, -0.2) is 9.67 Å². The molecule has 0 amide bonds. The minimum atomic E-state index is 0.397. The summed E-state index contributed by atoms with van der Waals surface area (Å²) < 4.78 is 3.61. The molecule has 0 aromatic carbocycles. The molecule has 1 saturated heterocycles. The van der Waals surface area contributed by atoms with Crippen molar-refractivity contribution < 1.29 is 0 Å². The summed E-state index contributed by atoms with van der Waals surface area (Å²) in [6, 6.07) is 0.397. The second kappa shape index (κ2) is 5.08. The molecular weight excluding hydrogens is 270 g/mol. The van der Waals surface area contributed by atoms with Crippen LogP contribution in [0, 0.1) is 0 Å². The highest BCUT2D eigenvalue weighted by molar-refractivity contribution is 5.62. The minimum Gasteiger partial charge on any atom is -0.353 e. The maximum absolute atomic E-state index is 4.46. The van der Waals surface area contributed by atoms with Crippen LogP contribution in [0.3, 0.4) is 0 Å². The lowest BCUT2D eigenvalue weighted by molar-refractivity contribution is 0.406. The zero-order valence-electron chi connectivity index (χ0n) is 11.4. The molecule has 4 rings (SSSR count). The largest absolute Gasteiger partial charge is 0.353 e. The average molecular weight is 285 g/mol. The molecule has 1 aliphatic rings. The summed E-state index contributed by atoms with van der Waals surface area (Å²) in [7, 11) is 0. The Morgan fingerprint density at radius 1 is 1.05 bits per heavy atom. The van der Waals surface area contributed by atoms with E-state index in [0.717, 1.165) is 38.2 Å². The van der Waals surface area contributed by atoms with E-state index in [2.05, 4.69) is 35.7 Å². The molecule has 1 unspecified atom stereocenters. The van der Waals surface area contributed by atoms with E-state index in [0.29, 0.717) is 11.7 Å². The second-order valence-corrected chi connectivity index (χ2v) is 5.15. The molecule has 3 aromatic rings. The smallest absolute Gasteiger partial charge is 0.221 e. The van der Waals surface area contributed by atoms with Crippen molar-refractivity contribution in [1.82, 2.24) is 40.0 Å². The number of aromatic nitrogens is 8. The highest BCUT2D eigenvalue weighted by Gasteiger charge is 2.21. The van der Waals surface area contributed by atoms with E-state index < -0.39 is 0 Å². The second-order valence-electron chi connectivity index (χ2n) is 5.15. The van der Waals surface area contributed by atoms with Crippen molar-refractivity contribution >= 4 is 11.5 Å². The van der Waals surface area contributed by atoms with Crippen LogP contribution >= 0.6 is 0 Å². The van der Waals surface area contributed by atoms with Gasteiger partial charge in [0.25, 0.3) is 0 Å². The van der Waals surface area contributed by atoms with Gasteiger partial charge in [-0.1, -0.05) is 5.21 Å². The number of rotatable bonds is 2. The number of tetrazole rings is 1. The summed E-state index contributed by atoms with van der Waals surface area (Å²) in [5, 5.41) is 19.7. The number of hydrogen-bond donors (Lipinski definition) is 0. The Kier molecular flexibility index (Phi) is 2.94. The van der Waals surface area contributed by atoms with Gasteiger partial charge in [0.2, 0.25) is 5.65 Å². The van der Waals surface area contributed by atoms with Crippen molar-refractivity contribution in [2.75, 3.05) is 18.0 Å². The predicted molar refractivity (Wildman–Crippen MR) is 73.7 cm³/mol. The SMILES string of the molecule is c1cn(C2CCCN(c3nccn4nnnc34)CC2)nn1. The Morgan fingerprint density at radius 3 is 2.95 bits per heavy atom. The molecule has 1 aliphatic heterocycles. The number of fused-ring (bicyclic) bond motifs is 1. The van der Waals surface area contributed by atoms with Gasteiger partial charge in [-0.2, -0.15) is 4.52 Å². The van der Waals surface area contributed by atoms with Gasteiger partial charge in [-0.3, -0.25) is 0 Å². The van der Waals surface area contributed by atoms with Crippen molar-refractivity contribution in [2.24, 2.45) is 0 Å². The van der Waals surface area contributed by atoms with Gasteiger partial charge < -0.3 is 4.90 Å². The molecule has 3 aromatic heterocycles. The van der Waals surface area contributed by atoms with E-state index in [1.807, 2.05) is 10.9 Å². The molecule has 9 nitrogen and oxygen atoms in total. The quantitative estimate of drug-likeness (QED) is 0.670. The molecule has 0 radical (unpaired) electrons. The summed E-state index contributed by atoms with van der Waals surface area (Å²) in [5.74, 6) is 0.849. The predicted octanol–water partition coefficient (Wildman–Crippen LogP) is 0.342. The third-order valence-electron chi connectivity index (χ3n) is 3.91. The summed E-state index contributed by atoms with van der Waals surface area (Å²) >= 11 is 0. The van der Waals surface area contributed by atoms with E-state index in [9.17, 15) is 0 Å². The molecule has 21 heavy (non-hydrogen) atoms. The van der Waals surface area contributed by atoms with Crippen LogP contribution in [0.4, 0.5) is 5.82 Å². The van der Waals surface area contributed by atoms with Crippen molar-refractivity contribution in [3.8, 4) is 0 Å². The van der Waals surface area contributed by atoms with E-state index >= 15 is 0 Å². The fourth-order valence-electron chi connectivity index (χ4n) is 2.86. The van der Waals surface area contributed by atoms with Gasteiger partial charge in [0.05, 0.1) is 18.4 Å². The van der Waals surface area contributed by atoms with Gasteiger partial charge in [0, 0.05) is 25.5 Å². The number of anilines is 1. The molecule has 1 atom stereocenters. The molecule has 1 fully saturated rings. The lowest BCUT2D eigenvalue weighted by Gasteiger charge is -2.21. The lowest BCUT2D eigenvalue weighted by atomic mass is 10.1. The Bertz CT molecular complexity index is 719. The first kappa shape index (κ1) is 12.2. The van der Waals surface area contributed by atoms with Crippen molar-refractivity contribution in [2.45, 2.75) is 25.3 Å². The first-order valence-electron chi connectivity index (χ1n) is 7.05. The minimum absolute atomic E-state index is 0.397. The molecule has 4 heterocycles. The van der Waals surface area contributed by atoms with Gasteiger partial charge in [-0.15, -0.1) is 10.2 Å². The molecular formula is C12H15N9. The molecule has 0 spiro atoms. The normalized spacial score (nSPS) is 19.8. The van der Waals surface area contributed by atoms with Crippen molar-refractivity contribution in [3.63, 3.8) is 0 Å². The van der Waals surface area contributed by atoms with Crippen molar-refractivity contribution in [1.29, 1.82) is 0 Å². The summed E-state index contributed by atoms with van der Waals surface area (Å²) in [5.41, 5.74) is 0.705. The van der Waals surface area contributed by atoms with E-state index in [-0.39, 0.29) is 0 Å². The molecule has 9 heteroatoms. The first-order valence-corrected chi connectivity index (χ1v) is 7.05. The summed E-state index contributed by atoms with van der Waals surface area (Å²) in [6.07, 6.45) is 10.3. The number of nitrogens with zero attached hydrogens (tertiary/aromatic N) is 9. The maximum Gasteiger partial charge on any atom is 0.221 e. The van der Waals surface area contributed by atoms with Crippen LogP contribution in [-0.4, -0.2) is 53.1 Å². The monoisotopic (exact) mass is 285 g/mol. The highest BCUT2D eigenvalue weighted by Crippen LogP contribution is 2.25. The van der Waals surface area contributed by atoms with Gasteiger partial charge >= 0.3 is 0 Å². The summed E-state index contributed by atoms with van der Waals surface area (Å²) in [4.78, 5) is 6.71. The summed E-state index contributed by atoms with van der Waals surface area (Å²) in [6.45, 7) is 1.86. The highest BCUT2D eigenvalue weighted by atomic mass is 15.5. The number of hydrogen-bond acceptors (Lipinski definition) is 7. The van der Waals surface area contributed by atoms with Crippen LogP contribution < -0.4 is 4.90 Å². The van der Waals surface area contributed by atoms with E-state index in [1.165, 1.54) is 0 Å². The molecule has 0 saturated carbocycles. The lowest BCUT2D eigenvalue weighted by Crippen LogP contribution is -2.26. The van der Waals surface area contributed by atoms with Crippen LogP contribution in [0.2, 0.25) is 0 Å². The fourth-order valence-corrected chi connectivity index (χ4v) is 2.86.